The van der Waals surface area contributed by atoms with Crippen LogP contribution in [0.15, 0.2) is 48.5 Å². The molecule has 1 N–H and O–H groups in total. The molecule has 0 fully saturated rings. The summed E-state index contributed by atoms with van der Waals surface area (Å²) < 4.78 is 18.4. The van der Waals surface area contributed by atoms with Gasteiger partial charge in [0, 0.05) is 24.9 Å². The molecule has 0 saturated carbocycles. The molecule has 3 nitrogen and oxygen atoms in total. The Kier molecular flexibility index (Phi) is 7.52. The minimum Gasteiger partial charge on any atom is -0.494 e. The van der Waals surface area contributed by atoms with E-state index >= 15 is 0 Å². The van der Waals surface area contributed by atoms with Crippen LogP contribution in [0.2, 0.25) is 0 Å². The lowest BCUT2D eigenvalue weighted by molar-refractivity contribution is -0.121. The van der Waals surface area contributed by atoms with Crippen LogP contribution in [0.3, 0.4) is 0 Å². The Bertz CT molecular complexity index is 747. The van der Waals surface area contributed by atoms with E-state index in [9.17, 15) is 9.18 Å². The van der Waals surface area contributed by atoms with Crippen molar-refractivity contribution in [2.45, 2.75) is 32.2 Å². The number of halogens is 1. The van der Waals surface area contributed by atoms with Gasteiger partial charge in [0.1, 0.15) is 0 Å². The standard InChI is InChI=1S/C21H22FNO2/c1-25-20-14-13-18(15-19(20)22)16-23-21(24)12-8-3-2-5-9-17-10-6-4-7-11-17/h4,6-7,10-11,13-15H,2-3,8,12,16H2,1H3,(H,23,24). The van der Waals surface area contributed by atoms with Crippen molar-refractivity contribution < 1.29 is 13.9 Å². The van der Waals surface area contributed by atoms with Crippen molar-refractivity contribution in [2.24, 2.45) is 0 Å². The molecule has 0 bridgehead atoms. The second-order valence-corrected chi connectivity index (χ2v) is 5.62. The first-order chi connectivity index (χ1) is 12.2. The van der Waals surface area contributed by atoms with Crippen LogP contribution in [-0.4, -0.2) is 13.0 Å². The molecule has 2 aromatic rings. The number of hydrogen-bond donors (Lipinski definition) is 1. The lowest BCUT2D eigenvalue weighted by Gasteiger charge is -2.07. The average molecular weight is 339 g/mol. The van der Waals surface area contributed by atoms with Crippen LogP contribution in [0, 0.1) is 17.7 Å². The maximum absolute atomic E-state index is 13.6. The molecule has 0 aliphatic heterocycles. The number of carbonyl (C=O) groups is 1. The fraction of sp³-hybridized carbons (Fsp3) is 0.286. The molecule has 2 rings (SSSR count). The molecule has 0 aromatic heterocycles. The van der Waals surface area contributed by atoms with Gasteiger partial charge in [0.15, 0.2) is 11.6 Å². The van der Waals surface area contributed by atoms with Crippen LogP contribution in [0.1, 0.15) is 36.8 Å². The van der Waals surface area contributed by atoms with Crippen LogP contribution in [0.5, 0.6) is 5.75 Å². The highest BCUT2D eigenvalue weighted by Gasteiger charge is 2.05. The summed E-state index contributed by atoms with van der Waals surface area (Å²) >= 11 is 0. The summed E-state index contributed by atoms with van der Waals surface area (Å²) in [5, 5.41) is 2.80. The van der Waals surface area contributed by atoms with Gasteiger partial charge in [-0.1, -0.05) is 36.1 Å². The lowest BCUT2D eigenvalue weighted by Crippen LogP contribution is -2.22. The van der Waals surface area contributed by atoms with Crippen LogP contribution in [0.25, 0.3) is 0 Å². The van der Waals surface area contributed by atoms with Gasteiger partial charge in [-0.3, -0.25) is 4.79 Å². The van der Waals surface area contributed by atoms with Crippen molar-refractivity contribution in [3.63, 3.8) is 0 Å². The molecule has 0 aliphatic carbocycles. The van der Waals surface area contributed by atoms with Crippen molar-refractivity contribution >= 4 is 5.91 Å². The topological polar surface area (TPSA) is 38.3 Å². The molecule has 1 amide bonds. The number of methoxy groups -OCH3 is 1. The van der Waals surface area contributed by atoms with Crippen LogP contribution in [-0.2, 0) is 11.3 Å². The van der Waals surface area contributed by atoms with E-state index in [0.717, 1.165) is 24.8 Å². The number of amides is 1. The fourth-order valence-electron chi connectivity index (χ4n) is 2.29. The molecular formula is C21H22FNO2. The number of unbranched alkanes of at least 4 members (excludes halogenated alkanes) is 2. The highest BCUT2D eigenvalue weighted by Crippen LogP contribution is 2.17. The molecule has 0 spiro atoms. The van der Waals surface area contributed by atoms with Crippen LogP contribution in [0.4, 0.5) is 4.39 Å². The molecular weight excluding hydrogens is 317 g/mol. The highest BCUT2D eigenvalue weighted by molar-refractivity contribution is 5.75. The Morgan fingerprint density at radius 1 is 1.16 bits per heavy atom. The second-order valence-electron chi connectivity index (χ2n) is 5.62. The van der Waals surface area contributed by atoms with E-state index in [2.05, 4.69) is 17.2 Å². The van der Waals surface area contributed by atoms with E-state index in [4.69, 9.17) is 4.74 Å². The smallest absolute Gasteiger partial charge is 0.220 e. The average Bonchev–Trinajstić information content (AvgIpc) is 2.64. The first kappa shape index (κ1) is 18.5. The Morgan fingerprint density at radius 3 is 2.68 bits per heavy atom. The second kappa shape index (κ2) is 10.1. The molecule has 0 unspecified atom stereocenters. The number of benzene rings is 2. The van der Waals surface area contributed by atoms with E-state index in [1.165, 1.54) is 13.2 Å². The number of rotatable bonds is 7. The first-order valence-corrected chi connectivity index (χ1v) is 8.32. The summed E-state index contributed by atoms with van der Waals surface area (Å²) in [7, 11) is 1.42. The SMILES string of the molecule is COc1ccc(CNC(=O)CCCCC#Cc2ccccc2)cc1F. The predicted molar refractivity (Wildman–Crippen MR) is 96.6 cm³/mol. The third kappa shape index (κ3) is 6.68. The van der Waals surface area contributed by atoms with Gasteiger partial charge in [-0.15, -0.1) is 0 Å². The highest BCUT2D eigenvalue weighted by atomic mass is 19.1. The van der Waals surface area contributed by atoms with Gasteiger partial charge in [0.05, 0.1) is 7.11 Å². The molecule has 25 heavy (non-hydrogen) atoms. The predicted octanol–water partition coefficient (Wildman–Crippen LogP) is 4.06. The van der Waals surface area contributed by atoms with Crippen LogP contribution < -0.4 is 10.1 Å². The first-order valence-electron chi connectivity index (χ1n) is 8.32. The van der Waals surface area contributed by atoms with E-state index < -0.39 is 5.82 Å². The van der Waals surface area contributed by atoms with Gasteiger partial charge >= 0.3 is 0 Å². The molecule has 130 valence electrons. The van der Waals surface area contributed by atoms with Gasteiger partial charge in [0.2, 0.25) is 5.91 Å². The van der Waals surface area contributed by atoms with Crippen molar-refractivity contribution in [1.82, 2.24) is 5.32 Å². The maximum Gasteiger partial charge on any atom is 0.220 e. The monoisotopic (exact) mass is 339 g/mol. The van der Waals surface area contributed by atoms with Crippen molar-refractivity contribution in [3.8, 4) is 17.6 Å². The quantitative estimate of drug-likeness (QED) is 0.610. The number of ether oxygens (including phenoxy) is 1. The zero-order chi connectivity index (χ0) is 17.9. The van der Waals surface area contributed by atoms with Gasteiger partial charge < -0.3 is 10.1 Å². The Labute approximate surface area is 148 Å². The maximum atomic E-state index is 13.6. The van der Waals surface area contributed by atoms with Crippen molar-refractivity contribution in [1.29, 1.82) is 0 Å². The molecule has 0 atom stereocenters. The van der Waals surface area contributed by atoms with Crippen molar-refractivity contribution in [2.75, 3.05) is 7.11 Å². The van der Waals surface area contributed by atoms with E-state index in [1.54, 1.807) is 12.1 Å². The molecule has 0 heterocycles. The molecule has 0 saturated heterocycles. The summed E-state index contributed by atoms with van der Waals surface area (Å²) in [6, 6.07) is 14.5. The summed E-state index contributed by atoms with van der Waals surface area (Å²) in [6.45, 7) is 0.313. The minimum atomic E-state index is -0.425. The van der Waals surface area contributed by atoms with Crippen molar-refractivity contribution in [3.05, 3.63) is 65.5 Å². The van der Waals surface area contributed by atoms with E-state index in [0.29, 0.717) is 18.5 Å². The molecule has 2 aromatic carbocycles. The minimum absolute atomic E-state index is 0.0350. The Morgan fingerprint density at radius 2 is 1.96 bits per heavy atom. The van der Waals surface area contributed by atoms with E-state index in [-0.39, 0.29) is 11.7 Å². The normalized spacial score (nSPS) is 9.84. The zero-order valence-electron chi connectivity index (χ0n) is 14.3. The van der Waals surface area contributed by atoms with Gasteiger partial charge in [-0.25, -0.2) is 4.39 Å². The molecule has 4 heteroatoms. The van der Waals surface area contributed by atoms with E-state index in [1.807, 2.05) is 30.3 Å². The Hall–Kier alpha value is -2.80. The van der Waals surface area contributed by atoms with Crippen LogP contribution >= 0.6 is 0 Å². The third-order valence-electron chi connectivity index (χ3n) is 3.67. The lowest BCUT2D eigenvalue weighted by atomic mass is 10.1. The summed E-state index contributed by atoms with van der Waals surface area (Å²) in [5.74, 6) is 5.95. The van der Waals surface area contributed by atoms with Gasteiger partial charge in [-0.2, -0.15) is 0 Å². The largest absolute Gasteiger partial charge is 0.494 e. The third-order valence-corrected chi connectivity index (χ3v) is 3.67. The number of nitrogens with one attached hydrogen (secondary N) is 1. The number of hydrogen-bond acceptors (Lipinski definition) is 2. The Balaban J connectivity index is 1.63. The number of carbonyl (C=O) groups excluding carboxylic acids is 1. The van der Waals surface area contributed by atoms with Gasteiger partial charge in [-0.05, 0) is 42.7 Å². The molecule has 0 radical (unpaired) electrons. The summed E-state index contributed by atoms with van der Waals surface area (Å²) in [4.78, 5) is 11.8. The fourth-order valence-corrected chi connectivity index (χ4v) is 2.29. The van der Waals surface area contributed by atoms with Gasteiger partial charge in [0.25, 0.3) is 0 Å². The summed E-state index contributed by atoms with van der Waals surface area (Å²) in [6.07, 6.45) is 2.88. The zero-order valence-corrected chi connectivity index (χ0v) is 14.3. The summed E-state index contributed by atoms with van der Waals surface area (Å²) in [5.41, 5.74) is 1.72. The molecule has 0 aliphatic rings.